The van der Waals surface area contributed by atoms with Crippen LogP contribution in [0.4, 0.5) is 13.2 Å². The zero-order valence-corrected chi connectivity index (χ0v) is 12.8. The lowest BCUT2D eigenvalue weighted by Gasteiger charge is -2.20. The first-order valence-electron chi connectivity index (χ1n) is 7.14. The number of rotatable bonds is 3. The van der Waals surface area contributed by atoms with E-state index in [0.29, 0.717) is 10.9 Å². The first-order valence-corrected chi connectivity index (χ1v) is 7.52. The summed E-state index contributed by atoms with van der Waals surface area (Å²) in [6.07, 6.45) is -5.19. The third-order valence-electron chi connectivity index (χ3n) is 3.68. The van der Waals surface area contributed by atoms with Crippen LogP contribution >= 0.6 is 11.6 Å². The Hall–Kier alpha value is -2.01. The Balaban J connectivity index is 1.92. The summed E-state index contributed by atoms with van der Waals surface area (Å²) in [5.41, 5.74) is 1.48. The molecule has 0 spiro atoms. The number of hydrogen-bond acceptors (Lipinski definition) is 2. The van der Waals surface area contributed by atoms with E-state index in [1.807, 2.05) is 6.07 Å². The van der Waals surface area contributed by atoms with Crippen molar-refractivity contribution in [3.8, 4) is 0 Å². The number of aliphatic imine (C=N–C) groups is 1. The molecule has 0 radical (unpaired) electrons. The molecule has 6 heteroatoms. The monoisotopic (exact) mass is 338 g/mol. The van der Waals surface area contributed by atoms with E-state index >= 15 is 0 Å². The van der Waals surface area contributed by atoms with Crippen molar-refractivity contribution < 1.29 is 13.2 Å². The fourth-order valence-electron chi connectivity index (χ4n) is 2.66. The molecule has 1 N–H and O–H groups in total. The van der Waals surface area contributed by atoms with Crippen LogP contribution < -0.4 is 5.32 Å². The molecule has 2 atom stereocenters. The summed E-state index contributed by atoms with van der Waals surface area (Å²) in [5, 5.41) is 3.49. The van der Waals surface area contributed by atoms with Crippen LogP contribution in [-0.4, -0.2) is 18.1 Å². The van der Waals surface area contributed by atoms with Crippen LogP contribution in [0.15, 0.2) is 59.6 Å². The highest BCUT2D eigenvalue weighted by atomic mass is 35.5. The topological polar surface area (TPSA) is 24.4 Å². The number of nitrogens with zero attached hydrogens (tertiary/aromatic N) is 1. The average molecular weight is 339 g/mol. The van der Waals surface area contributed by atoms with E-state index in [0.717, 1.165) is 11.1 Å². The first kappa shape index (κ1) is 15.9. The Kier molecular flexibility index (Phi) is 4.31. The fraction of sp³-hybridized carbons (Fsp3) is 0.235. The predicted octanol–water partition coefficient (Wildman–Crippen LogP) is 4.75. The number of alkyl halides is 3. The van der Waals surface area contributed by atoms with Gasteiger partial charge in [0.25, 0.3) is 0 Å². The van der Waals surface area contributed by atoms with Gasteiger partial charge in [0.05, 0.1) is 18.5 Å². The van der Waals surface area contributed by atoms with E-state index in [1.165, 1.54) is 0 Å². The van der Waals surface area contributed by atoms with Crippen molar-refractivity contribution in [2.45, 2.75) is 24.7 Å². The quantitative estimate of drug-likeness (QED) is 0.858. The Morgan fingerprint density at radius 2 is 1.65 bits per heavy atom. The minimum absolute atomic E-state index is 0.463. The molecule has 0 fully saturated rings. The summed E-state index contributed by atoms with van der Waals surface area (Å²) < 4.78 is 38.6. The Labute approximate surface area is 137 Å². The van der Waals surface area contributed by atoms with Crippen molar-refractivity contribution in [2.75, 3.05) is 0 Å². The van der Waals surface area contributed by atoms with Gasteiger partial charge in [0, 0.05) is 10.6 Å². The van der Waals surface area contributed by atoms with Crippen molar-refractivity contribution in [3.05, 3.63) is 70.7 Å². The molecule has 0 saturated heterocycles. The van der Waals surface area contributed by atoms with Gasteiger partial charge in [-0.2, -0.15) is 13.2 Å². The van der Waals surface area contributed by atoms with Crippen molar-refractivity contribution in [3.63, 3.8) is 0 Å². The van der Waals surface area contributed by atoms with Crippen molar-refractivity contribution >= 4 is 17.4 Å². The number of hydrogen-bond donors (Lipinski definition) is 1. The molecule has 0 saturated carbocycles. The molecule has 2 aromatic rings. The molecule has 2 nitrogen and oxygen atoms in total. The van der Waals surface area contributed by atoms with Gasteiger partial charge in [0.2, 0.25) is 0 Å². The highest BCUT2D eigenvalue weighted by molar-refractivity contribution is 6.30. The molecule has 1 aliphatic heterocycles. The van der Waals surface area contributed by atoms with Crippen LogP contribution in [0.2, 0.25) is 5.02 Å². The van der Waals surface area contributed by atoms with E-state index in [2.05, 4.69) is 10.3 Å². The molecule has 0 amide bonds. The summed E-state index contributed by atoms with van der Waals surface area (Å²) in [5.74, 6) is 0.463. The van der Waals surface area contributed by atoms with E-state index < -0.39 is 24.7 Å². The maximum absolute atomic E-state index is 12.9. The summed E-state index contributed by atoms with van der Waals surface area (Å²) >= 11 is 5.85. The number of halogens is 4. The highest BCUT2D eigenvalue weighted by Gasteiger charge is 2.39. The van der Waals surface area contributed by atoms with Gasteiger partial charge in [-0.25, -0.2) is 0 Å². The molecule has 1 aliphatic rings. The third kappa shape index (κ3) is 3.85. The Morgan fingerprint density at radius 3 is 2.26 bits per heavy atom. The van der Waals surface area contributed by atoms with Crippen LogP contribution in [0.3, 0.4) is 0 Å². The second-order valence-corrected chi connectivity index (χ2v) is 5.85. The van der Waals surface area contributed by atoms with Crippen LogP contribution in [0.5, 0.6) is 0 Å². The molecular formula is C17H14ClF3N2. The number of nitrogens with one attached hydrogen (secondary N) is 1. The lowest BCUT2D eigenvalue weighted by molar-refractivity contribution is -0.139. The Morgan fingerprint density at radius 1 is 1.00 bits per heavy atom. The molecule has 23 heavy (non-hydrogen) atoms. The SMILES string of the molecule is FC(F)(F)C[C@H]1NC(c2ccc(Cl)cc2)=N[C@H]1c1ccccc1. The van der Waals surface area contributed by atoms with Crippen molar-refractivity contribution in [1.82, 2.24) is 5.32 Å². The van der Waals surface area contributed by atoms with Crippen LogP contribution in [-0.2, 0) is 0 Å². The molecule has 0 aliphatic carbocycles. The maximum Gasteiger partial charge on any atom is 0.391 e. The van der Waals surface area contributed by atoms with Gasteiger partial charge in [0.15, 0.2) is 0 Å². The zero-order valence-electron chi connectivity index (χ0n) is 12.0. The number of benzene rings is 2. The maximum atomic E-state index is 12.9. The lowest BCUT2D eigenvalue weighted by atomic mass is 9.98. The van der Waals surface area contributed by atoms with Gasteiger partial charge >= 0.3 is 6.18 Å². The summed E-state index contributed by atoms with van der Waals surface area (Å²) in [6.45, 7) is 0. The van der Waals surface area contributed by atoms with E-state index in [9.17, 15) is 13.2 Å². The normalized spacial score (nSPS) is 21.0. The molecule has 2 aromatic carbocycles. The van der Waals surface area contributed by atoms with Crippen LogP contribution in [0.25, 0.3) is 0 Å². The van der Waals surface area contributed by atoms with Gasteiger partial charge in [-0.3, -0.25) is 4.99 Å². The van der Waals surface area contributed by atoms with E-state index in [4.69, 9.17) is 11.6 Å². The summed E-state index contributed by atoms with van der Waals surface area (Å²) in [7, 11) is 0. The standard InChI is InChI=1S/C17H14ClF3N2/c18-13-8-6-12(7-9-13)16-22-14(10-17(19,20)21)15(23-16)11-4-2-1-3-5-11/h1-9,14-15H,10H2,(H,22,23)/t14-,15+/m1/s1. The Bertz CT molecular complexity index is 696. The highest BCUT2D eigenvalue weighted by Crippen LogP contribution is 2.34. The summed E-state index contributed by atoms with van der Waals surface area (Å²) in [6, 6.07) is 14.5. The van der Waals surface area contributed by atoms with E-state index in [-0.39, 0.29) is 0 Å². The summed E-state index contributed by atoms with van der Waals surface area (Å²) in [4.78, 5) is 4.49. The van der Waals surface area contributed by atoms with Gasteiger partial charge in [0.1, 0.15) is 5.84 Å². The molecular weight excluding hydrogens is 325 g/mol. The number of amidine groups is 1. The smallest absolute Gasteiger partial charge is 0.364 e. The second kappa shape index (κ2) is 6.24. The van der Waals surface area contributed by atoms with E-state index in [1.54, 1.807) is 48.5 Å². The third-order valence-corrected chi connectivity index (χ3v) is 3.93. The second-order valence-electron chi connectivity index (χ2n) is 5.41. The molecule has 3 rings (SSSR count). The minimum Gasteiger partial charge on any atom is -0.364 e. The average Bonchev–Trinajstić information content (AvgIpc) is 2.90. The lowest BCUT2D eigenvalue weighted by Crippen LogP contribution is -2.36. The van der Waals surface area contributed by atoms with Crippen molar-refractivity contribution in [1.29, 1.82) is 0 Å². The molecule has 0 aromatic heterocycles. The molecule has 1 heterocycles. The predicted molar refractivity (Wildman–Crippen MR) is 84.8 cm³/mol. The molecule has 0 unspecified atom stereocenters. The van der Waals surface area contributed by atoms with Gasteiger partial charge in [-0.05, 0) is 29.8 Å². The molecule has 120 valence electrons. The van der Waals surface area contributed by atoms with Crippen molar-refractivity contribution in [2.24, 2.45) is 4.99 Å². The zero-order chi connectivity index (χ0) is 16.4. The van der Waals surface area contributed by atoms with Gasteiger partial charge < -0.3 is 5.32 Å². The molecule has 0 bridgehead atoms. The fourth-order valence-corrected chi connectivity index (χ4v) is 2.78. The first-order chi connectivity index (χ1) is 10.9. The van der Waals surface area contributed by atoms with Gasteiger partial charge in [-0.1, -0.05) is 41.9 Å². The van der Waals surface area contributed by atoms with Gasteiger partial charge in [-0.15, -0.1) is 0 Å². The minimum atomic E-state index is -4.25. The van der Waals surface area contributed by atoms with Crippen LogP contribution in [0, 0.1) is 0 Å². The van der Waals surface area contributed by atoms with Crippen LogP contribution in [0.1, 0.15) is 23.6 Å². The largest absolute Gasteiger partial charge is 0.391 e.